The molecular formula is C12H21N3O2. The molecule has 0 saturated carbocycles. The maximum absolute atomic E-state index is 11.7. The first-order valence-electron chi connectivity index (χ1n) is 6.54. The first-order chi connectivity index (χ1) is 8.22. The minimum absolute atomic E-state index is 0.0586. The Morgan fingerprint density at radius 3 is 2.59 bits per heavy atom. The van der Waals surface area contributed by atoms with Crippen molar-refractivity contribution in [2.75, 3.05) is 26.2 Å². The summed E-state index contributed by atoms with van der Waals surface area (Å²) in [7, 11) is 0. The van der Waals surface area contributed by atoms with Crippen molar-refractivity contribution in [2.45, 2.75) is 38.6 Å². The Kier molecular flexibility index (Phi) is 3.86. The van der Waals surface area contributed by atoms with Gasteiger partial charge in [0.1, 0.15) is 0 Å². The summed E-state index contributed by atoms with van der Waals surface area (Å²) in [6.45, 7) is 5.19. The molecule has 2 fully saturated rings. The standard InChI is InChI=1S/C12H21N3O2/c1-2-3-11(16)14-7-4-10(5-8-14)15-9-6-13-12(15)17/h10H,2-9H2,1H3,(H,13,17). The fraction of sp³-hybridized carbons (Fsp3) is 0.833. The van der Waals surface area contributed by atoms with Crippen LogP contribution in [0.4, 0.5) is 4.79 Å². The monoisotopic (exact) mass is 239 g/mol. The van der Waals surface area contributed by atoms with E-state index in [1.54, 1.807) is 0 Å². The largest absolute Gasteiger partial charge is 0.343 e. The van der Waals surface area contributed by atoms with E-state index in [-0.39, 0.29) is 11.9 Å². The van der Waals surface area contributed by atoms with Gasteiger partial charge in [-0.1, -0.05) is 6.92 Å². The van der Waals surface area contributed by atoms with E-state index in [2.05, 4.69) is 5.32 Å². The van der Waals surface area contributed by atoms with Crippen molar-refractivity contribution in [3.05, 3.63) is 0 Å². The van der Waals surface area contributed by atoms with Gasteiger partial charge in [0, 0.05) is 38.6 Å². The summed E-state index contributed by atoms with van der Waals surface area (Å²) in [6, 6.07) is 0.381. The van der Waals surface area contributed by atoms with Crippen LogP contribution in [-0.2, 0) is 4.79 Å². The van der Waals surface area contributed by atoms with E-state index in [1.807, 2.05) is 16.7 Å². The average molecular weight is 239 g/mol. The van der Waals surface area contributed by atoms with E-state index in [9.17, 15) is 9.59 Å². The molecule has 0 bridgehead atoms. The second-order valence-corrected chi connectivity index (χ2v) is 4.79. The Morgan fingerprint density at radius 1 is 1.35 bits per heavy atom. The Bertz CT molecular complexity index is 298. The quantitative estimate of drug-likeness (QED) is 0.792. The van der Waals surface area contributed by atoms with Gasteiger partial charge in [-0.05, 0) is 19.3 Å². The van der Waals surface area contributed by atoms with Crippen molar-refractivity contribution in [1.82, 2.24) is 15.1 Å². The third-order valence-electron chi connectivity index (χ3n) is 3.61. The van der Waals surface area contributed by atoms with Gasteiger partial charge in [-0.25, -0.2) is 4.79 Å². The number of hydrogen-bond acceptors (Lipinski definition) is 2. The zero-order chi connectivity index (χ0) is 12.3. The highest BCUT2D eigenvalue weighted by molar-refractivity contribution is 5.77. The van der Waals surface area contributed by atoms with Crippen LogP contribution in [0.3, 0.4) is 0 Å². The summed E-state index contributed by atoms with van der Waals surface area (Å²) in [5.74, 6) is 0.261. The van der Waals surface area contributed by atoms with Crippen LogP contribution in [0.2, 0.25) is 0 Å². The number of likely N-dealkylation sites (tertiary alicyclic amines) is 1. The molecular weight excluding hydrogens is 218 g/mol. The average Bonchev–Trinajstić information content (AvgIpc) is 2.76. The van der Waals surface area contributed by atoms with Gasteiger partial charge in [0.25, 0.3) is 0 Å². The molecule has 2 rings (SSSR count). The summed E-state index contributed by atoms with van der Waals surface area (Å²) >= 11 is 0. The topological polar surface area (TPSA) is 52.7 Å². The summed E-state index contributed by atoms with van der Waals surface area (Å²) in [6.07, 6.45) is 3.40. The second kappa shape index (κ2) is 5.38. The number of piperidine rings is 1. The van der Waals surface area contributed by atoms with Crippen molar-refractivity contribution in [1.29, 1.82) is 0 Å². The first kappa shape index (κ1) is 12.2. The number of nitrogens with zero attached hydrogens (tertiary/aromatic N) is 2. The van der Waals surface area contributed by atoms with Crippen LogP contribution in [0.1, 0.15) is 32.6 Å². The lowest BCUT2D eigenvalue weighted by Gasteiger charge is -2.36. The molecule has 0 atom stereocenters. The van der Waals surface area contributed by atoms with E-state index in [1.165, 1.54) is 0 Å². The molecule has 1 N–H and O–H groups in total. The molecule has 0 aliphatic carbocycles. The zero-order valence-electron chi connectivity index (χ0n) is 10.4. The second-order valence-electron chi connectivity index (χ2n) is 4.79. The van der Waals surface area contributed by atoms with Gasteiger partial charge in [-0.2, -0.15) is 0 Å². The van der Waals surface area contributed by atoms with E-state index >= 15 is 0 Å². The molecule has 0 aromatic carbocycles. The molecule has 96 valence electrons. The van der Waals surface area contributed by atoms with Gasteiger partial charge in [0.15, 0.2) is 0 Å². The Hall–Kier alpha value is -1.26. The van der Waals surface area contributed by atoms with Gasteiger partial charge in [-0.3, -0.25) is 4.79 Å². The molecule has 5 nitrogen and oxygen atoms in total. The number of rotatable bonds is 3. The highest BCUT2D eigenvalue weighted by Crippen LogP contribution is 2.18. The molecule has 3 amide bonds. The Morgan fingerprint density at radius 2 is 2.06 bits per heavy atom. The van der Waals surface area contributed by atoms with Crippen molar-refractivity contribution in [2.24, 2.45) is 0 Å². The van der Waals surface area contributed by atoms with Crippen molar-refractivity contribution >= 4 is 11.9 Å². The molecule has 2 heterocycles. The molecule has 0 unspecified atom stereocenters. The van der Waals surface area contributed by atoms with Crippen LogP contribution < -0.4 is 5.32 Å². The fourth-order valence-electron chi connectivity index (χ4n) is 2.63. The number of carbonyl (C=O) groups excluding carboxylic acids is 2. The fourth-order valence-corrected chi connectivity index (χ4v) is 2.63. The minimum atomic E-state index is 0.0586. The lowest BCUT2D eigenvalue weighted by molar-refractivity contribution is -0.132. The van der Waals surface area contributed by atoms with Crippen LogP contribution in [-0.4, -0.2) is 54.0 Å². The van der Waals surface area contributed by atoms with E-state index < -0.39 is 0 Å². The van der Waals surface area contributed by atoms with Crippen LogP contribution in [0.5, 0.6) is 0 Å². The number of carbonyl (C=O) groups is 2. The molecule has 0 spiro atoms. The van der Waals surface area contributed by atoms with Crippen molar-refractivity contribution < 1.29 is 9.59 Å². The Labute approximate surface area is 102 Å². The summed E-state index contributed by atoms with van der Waals surface area (Å²) < 4.78 is 0. The van der Waals surface area contributed by atoms with E-state index in [0.717, 1.165) is 45.4 Å². The van der Waals surface area contributed by atoms with Gasteiger partial charge in [-0.15, -0.1) is 0 Å². The maximum atomic E-state index is 11.7. The van der Waals surface area contributed by atoms with Gasteiger partial charge in [0.2, 0.25) is 5.91 Å². The van der Waals surface area contributed by atoms with E-state index in [0.29, 0.717) is 12.5 Å². The van der Waals surface area contributed by atoms with Gasteiger partial charge < -0.3 is 15.1 Å². The number of urea groups is 1. The zero-order valence-corrected chi connectivity index (χ0v) is 10.4. The van der Waals surface area contributed by atoms with Gasteiger partial charge in [0.05, 0.1) is 0 Å². The lowest BCUT2D eigenvalue weighted by atomic mass is 10.0. The molecule has 2 aliphatic rings. The highest BCUT2D eigenvalue weighted by atomic mass is 16.2. The lowest BCUT2D eigenvalue weighted by Crippen LogP contribution is -2.47. The summed E-state index contributed by atoms with van der Waals surface area (Å²) in [5, 5.41) is 2.83. The Balaban J connectivity index is 1.81. The summed E-state index contributed by atoms with van der Waals surface area (Å²) in [4.78, 5) is 27.1. The smallest absolute Gasteiger partial charge is 0.317 e. The maximum Gasteiger partial charge on any atom is 0.317 e. The SMILES string of the molecule is CCCC(=O)N1CCC(N2CCNC2=O)CC1. The first-order valence-corrected chi connectivity index (χ1v) is 6.54. The third-order valence-corrected chi connectivity index (χ3v) is 3.61. The van der Waals surface area contributed by atoms with Crippen LogP contribution in [0, 0.1) is 0 Å². The normalized spacial score (nSPS) is 21.8. The number of amides is 3. The minimum Gasteiger partial charge on any atom is -0.343 e. The van der Waals surface area contributed by atoms with Crippen LogP contribution in [0.15, 0.2) is 0 Å². The van der Waals surface area contributed by atoms with Crippen molar-refractivity contribution in [3.63, 3.8) is 0 Å². The molecule has 5 heteroatoms. The number of hydrogen-bond donors (Lipinski definition) is 1. The molecule has 0 aromatic rings. The summed E-state index contributed by atoms with van der Waals surface area (Å²) in [5.41, 5.74) is 0. The van der Waals surface area contributed by atoms with Crippen molar-refractivity contribution in [3.8, 4) is 0 Å². The predicted octanol–water partition coefficient (Wildman–Crippen LogP) is 0.803. The van der Waals surface area contributed by atoms with Crippen LogP contribution in [0.25, 0.3) is 0 Å². The third kappa shape index (κ3) is 2.70. The molecule has 2 aliphatic heterocycles. The van der Waals surface area contributed by atoms with Crippen LogP contribution >= 0.6 is 0 Å². The molecule has 2 saturated heterocycles. The van der Waals surface area contributed by atoms with Gasteiger partial charge >= 0.3 is 6.03 Å². The molecule has 0 radical (unpaired) electrons. The highest BCUT2D eigenvalue weighted by Gasteiger charge is 2.31. The number of nitrogens with one attached hydrogen (secondary N) is 1. The molecule has 17 heavy (non-hydrogen) atoms. The van der Waals surface area contributed by atoms with E-state index in [4.69, 9.17) is 0 Å². The molecule has 0 aromatic heterocycles. The predicted molar refractivity (Wildman–Crippen MR) is 64.6 cm³/mol.